The van der Waals surface area contributed by atoms with Crippen LogP contribution in [0.4, 0.5) is 5.13 Å². The number of nitrogens with zero attached hydrogens (tertiary/aromatic N) is 2. The van der Waals surface area contributed by atoms with Crippen molar-refractivity contribution >= 4 is 42.4 Å². The lowest BCUT2D eigenvalue weighted by molar-refractivity contribution is -0.118. The lowest BCUT2D eigenvalue weighted by Crippen LogP contribution is -2.38. The van der Waals surface area contributed by atoms with Gasteiger partial charge in [-0.25, -0.2) is 13.4 Å². The highest BCUT2D eigenvalue weighted by atomic mass is 32.2. The smallest absolute Gasteiger partial charge is 0.229 e. The Balaban J connectivity index is 1.53. The largest absolute Gasteiger partial charge is 0.376 e. The summed E-state index contributed by atoms with van der Waals surface area (Å²) in [4.78, 5) is 19.6. The van der Waals surface area contributed by atoms with Gasteiger partial charge in [-0.3, -0.25) is 9.69 Å². The van der Waals surface area contributed by atoms with Gasteiger partial charge < -0.3 is 4.74 Å². The number of fused-ring (bicyclic) bond motifs is 1. The third kappa shape index (κ3) is 5.54. The molecule has 1 saturated heterocycles. The van der Waals surface area contributed by atoms with Crippen molar-refractivity contribution in [2.45, 2.75) is 45.0 Å². The number of rotatable bonds is 8. The van der Waals surface area contributed by atoms with E-state index in [0.717, 1.165) is 39.7 Å². The van der Waals surface area contributed by atoms with Gasteiger partial charge in [0.05, 0.1) is 34.4 Å². The predicted molar refractivity (Wildman–Crippen MR) is 129 cm³/mol. The van der Waals surface area contributed by atoms with Crippen LogP contribution in [0.2, 0.25) is 0 Å². The lowest BCUT2D eigenvalue weighted by atomic mass is 10.1. The first kappa shape index (κ1) is 22.9. The van der Waals surface area contributed by atoms with Gasteiger partial charge in [0.1, 0.15) is 0 Å². The minimum absolute atomic E-state index is 0.0466. The zero-order valence-corrected chi connectivity index (χ0v) is 20.0. The van der Waals surface area contributed by atoms with Crippen molar-refractivity contribution in [3.05, 3.63) is 59.2 Å². The number of aromatic nitrogens is 1. The molecule has 1 aliphatic rings. The number of sulfone groups is 1. The van der Waals surface area contributed by atoms with Crippen LogP contribution in [0, 0.1) is 13.8 Å². The summed E-state index contributed by atoms with van der Waals surface area (Å²) in [6, 6.07) is 13.2. The highest BCUT2D eigenvalue weighted by molar-refractivity contribution is 7.90. The SMILES string of the molecule is Cc1cc(C)c2nc(N(CC3CCCO3)C(=O)CCS(=O)(=O)Cc3ccccc3)sc2c1. The van der Waals surface area contributed by atoms with Crippen molar-refractivity contribution in [3.8, 4) is 0 Å². The molecule has 1 amide bonds. The van der Waals surface area contributed by atoms with Crippen molar-refractivity contribution in [3.63, 3.8) is 0 Å². The Bertz CT molecular complexity index is 1200. The van der Waals surface area contributed by atoms with E-state index in [1.165, 1.54) is 11.3 Å². The molecule has 0 N–H and O–H groups in total. The zero-order chi connectivity index (χ0) is 22.7. The number of benzene rings is 2. The van der Waals surface area contributed by atoms with Crippen molar-refractivity contribution in [1.82, 2.24) is 4.98 Å². The van der Waals surface area contributed by atoms with Crippen molar-refractivity contribution in [2.24, 2.45) is 0 Å². The molecule has 1 aromatic heterocycles. The number of carbonyl (C=O) groups is 1. The standard InChI is InChI=1S/C24H28N2O4S2/c1-17-13-18(2)23-21(14-17)31-24(25-23)26(15-20-9-6-11-30-20)22(27)10-12-32(28,29)16-19-7-4-3-5-8-19/h3-5,7-8,13-14,20H,6,9-12,15-16H2,1-2H3. The number of ether oxygens (including phenoxy) is 1. The van der Waals surface area contributed by atoms with Gasteiger partial charge in [0.15, 0.2) is 15.0 Å². The number of amides is 1. The van der Waals surface area contributed by atoms with Crippen molar-refractivity contribution in [1.29, 1.82) is 0 Å². The molecule has 6 nitrogen and oxygen atoms in total. The molecular weight excluding hydrogens is 444 g/mol. The van der Waals surface area contributed by atoms with Crippen LogP contribution in [0.25, 0.3) is 10.2 Å². The van der Waals surface area contributed by atoms with E-state index in [0.29, 0.717) is 18.3 Å². The van der Waals surface area contributed by atoms with Gasteiger partial charge in [-0.05, 0) is 49.4 Å². The number of aryl methyl sites for hydroxylation is 2. The molecule has 8 heteroatoms. The van der Waals surface area contributed by atoms with E-state index in [4.69, 9.17) is 9.72 Å². The number of carbonyl (C=O) groups excluding carboxylic acids is 1. The highest BCUT2D eigenvalue weighted by Crippen LogP contribution is 2.33. The Hall–Kier alpha value is -2.29. The van der Waals surface area contributed by atoms with Gasteiger partial charge in [0, 0.05) is 13.0 Å². The average molecular weight is 473 g/mol. The fourth-order valence-electron chi connectivity index (χ4n) is 4.03. The van der Waals surface area contributed by atoms with Crippen molar-refractivity contribution < 1.29 is 17.9 Å². The van der Waals surface area contributed by atoms with E-state index in [-0.39, 0.29) is 29.9 Å². The topological polar surface area (TPSA) is 76.6 Å². The minimum Gasteiger partial charge on any atom is -0.376 e. The van der Waals surface area contributed by atoms with E-state index in [2.05, 4.69) is 12.1 Å². The summed E-state index contributed by atoms with van der Waals surface area (Å²) in [5.74, 6) is -0.483. The van der Waals surface area contributed by atoms with Crippen LogP contribution in [0.5, 0.6) is 0 Å². The van der Waals surface area contributed by atoms with Crippen LogP contribution >= 0.6 is 11.3 Å². The molecule has 32 heavy (non-hydrogen) atoms. The minimum atomic E-state index is -3.41. The predicted octanol–water partition coefficient (Wildman–Crippen LogP) is 4.43. The summed E-state index contributed by atoms with van der Waals surface area (Å²) < 4.78 is 32.0. The Kier molecular flexibility index (Phi) is 6.93. The van der Waals surface area contributed by atoms with E-state index in [1.54, 1.807) is 17.0 Å². The van der Waals surface area contributed by atoms with Gasteiger partial charge in [0.2, 0.25) is 5.91 Å². The summed E-state index contributed by atoms with van der Waals surface area (Å²) in [5, 5.41) is 0.606. The van der Waals surface area contributed by atoms with Gasteiger partial charge >= 0.3 is 0 Å². The van der Waals surface area contributed by atoms with E-state index in [1.807, 2.05) is 32.0 Å². The molecule has 0 spiro atoms. The van der Waals surface area contributed by atoms with E-state index >= 15 is 0 Å². The van der Waals surface area contributed by atoms with Gasteiger partial charge in [-0.2, -0.15) is 0 Å². The Morgan fingerprint density at radius 3 is 2.72 bits per heavy atom. The first-order valence-electron chi connectivity index (χ1n) is 10.8. The van der Waals surface area contributed by atoms with E-state index in [9.17, 15) is 13.2 Å². The first-order valence-corrected chi connectivity index (χ1v) is 13.5. The van der Waals surface area contributed by atoms with Crippen LogP contribution in [-0.2, 0) is 25.1 Å². The highest BCUT2D eigenvalue weighted by Gasteiger charge is 2.27. The summed E-state index contributed by atoms with van der Waals surface area (Å²) in [6.07, 6.45) is 1.74. The Morgan fingerprint density at radius 1 is 1.22 bits per heavy atom. The Labute approximate surface area is 193 Å². The van der Waals surface area contributed by atoms with Crippen LogP contribution in [0.1, 0.15) is 36.0 Å². The summed E-state index contributed by atoms with van der Waals surface area (Å²) >= 11 is 1.47. The zero-order valence-electron chi connectivity index (χ0n) is 18.4. The molecule has 1 atom stereocenters. The normalized spacial score (nSPS) is 16.5. The maximum Gasteiger partial charge on any atom is 0.229 e. The summed E-state index contributed by atoms with van der Waals surface area (Å²) in [6.45, 7) is 5.14. The fraction of sp³-hybridized carbons (Fsp3) is 0.417. The maximum absolute atomic E-state index is 13.2. The quantitative estimate of drug-likeness (QED) is 0.485. The van der Waals surface area contributed by atoms with Crippen LogP contribution < -0.4 is 4.90 Å². The van der Waals surface area contributed by atoms with Crippen molar-refractivity contribution in [2.75, 3.05) is 23.8 Å². The van der Waals surface area contributed by atoms with E-state index < -0.39 is 9.84 Å². The first-order chi connectivity index (χ1) is 15.3. The molecule has 2 heterocycles. The molecule has 0 radical (unpaired) electrons. The third-order valence-corrected chi connectivity index (χ3v) is 8.24. The van der Waals surface area contributed by atoms with Gasteiger partial charge in [-0.15, -0.1) is 0 Å². The molecule has 0 aliphatic carbocycles. The molecule has 0 bridgehead atoms. The second kappa shape index (κ2) is 9.68. The van der Waals surface area contributed by atoms with Gasteiger partial charge in [0.25, 0.3) is 0 Å². The fourth-order valence-corrected chi connectivity index (χ4v) is 6.53. The van der Waals surface area contributed by atoms with Crippen LogP contribution in [0.3, 0.4) is 0 Å². The molecule has 4 rings (SSSR count). The number of thiazole rings is 1. The third-order valence-electron chi connectivity index (χ3n) is 5.62. The Morgan fingerprint density at radius 2 is 2.00 bits per heavy atom. The second-order valence-electron chi connectivity index (χ2n) is 8.39. The molecule has 1 fully saturated rings. The number of hydrogen-bond acceptors (Lipinski definition) is 6. The molecule has 3 aromatic rings. The second-order valence-corrected chi connectivity index (χ2v) is 11.6. The van der Waals surface area contributed by atoms with Gasteiger partial charge in [-0.1, -0.05) is 47.7 Å². The average Bonchev–Trinajstić information content (AvgIpc) is 3.40. The summed E-state index contributed by atoms with van der Waals surface area (Å²) in [5.41, 5.74) is 3.83. The molecule has 1 aliphatic heterocycles. The number of anilines is 1. The molecule has 1 unspecified atom stereocenters. The molecule has 170 valence electrons. The molecule has 0 saturated carbocycles. The lowest BCUT2D eigenvalue weighted by Gasteiger charge is -2.23. The summed E-state index contributed by atoms with van der Waals surface area (Å²) in [7, 11) is -3.41. The van der Waals surface area contributed by atoms with Crippen LogP contribution in [-0.4, -0.2) is 44.3 Å². The molecule has 2 aromatic carbocycles. The maximum atomic E-state index is 13.2. The van der Waals surface area contributed by atoms with Crippen LogP contribution in [0.15, 0.2) is 42.5 Å². The molecular formula is C24H28N2O4S2. The number of hydrogen-bond donors (Lipinski definition) is 0. The monoisotopic (exact) mass is 472 g/mol.